The molecule has 1 amide bonds. The van der Waals surface area contributed by atoms with E-state index in [1.54, 1.807) is 20.2 Å². The highest BCUT2D eigenvalue weighted by atomic mass is 16.2. The zero-order valence-electron chi connectivity index (χ0n) is 8.77. The predicted octanol–water partition coefficient (Wildman–Crippen LogP) is 1.06. The van der Waals surface area contributed by atoms with E-state index < -0.39 is 0 Å². The average Bonchev–Trinajstić information content (AvgIpc) is 2.56. The molecule has 1 aromatic heterocycles. The van der Waals surface area contributed by atoms with Crippen LogP contribution in [0, 0.1) is 0 Å². The summed E-state index contributed by atoms with van der Waals surface area (Å²) in [5.74, 6) is 5.76. The van der Waals surface area contributed by atoms with Gasteiger partial charge < -0.3 is 10.7 Å². The summed E-state index contributed by atoms with van der Waals surface area (Å²) in [6, 6.07) is 9.45. The number of para-hydroxylation sites is 1. The van der Waals surface area contributed by atoms with Gasteiger partial charge in [-0.2, -0.15) is 0 Å². The maximum atomic E-state index is 11.8. The lowest BCUT2D eigenvalue weighted by atomic mass is 10.2. The van der Waals surface area contributed by atoms with Gasteiger partial charge in [-0.3, -0.25) is 9.47 Å². The van der Waals surface area contributed by atoms with Crippen molar-refractivity contribution >= 4 is 16.8 Å². The quantitative estimate of drug-likeness (QED) is 0.704. The molecule has 2 N–H and O–H groups in total. The van der Waals surface area contributed by atoms with Crippen molar-refractivity contribution < 1.29 is 4.79 Å². The van der Waals surface area contributed by atoms with Crippen LogP contribution in [0.5, 0.6) is 0 Å². The number of carbonyl (C=O) groups is 1. The van der Waals surface area contributed by atoms with Crippen LogP contribution in [0.25, 0.3) is 10.9 Å². The van der Waals surface area contributed by atoms with Gasteiger partial charge in [0, 0.05) is 19.5 Å². The van der Waals surface area contributed by atoms with E-state index in [0.717, 1.165) is 10.9 Å². The maximum Gasteiger partial charge on any atom is 0.271 e. The summed E-state index contributed by atoms with van der Waals surface area (Å²) >= 11 is 0. The number of rotatable bonds is 1. The van der Waals surface area contributed by atoms with Crippen LogP contribution < -0.4 is 5.84 Å². The van der Waals surface area contributed by atoms with Crippen LogP contribution in [0.4, 0.5) is 0 Å². The molecule has 1 aromatic carbocycles. The second kappa shape index (κ2) is 3.31. The molecule has 2 rings (SSSR count). The Labute approximate surface area is 87.9 Å². The Morgan fingerprint density at radius 1 is 1.33 bits per heavy atom. The van der Waals surface area contributed by atoms with Gasteiger partial charge in [0.2, 0.25) is 0 Å². The molecule has 2 aromatic rings. The highest BCUT2D eigenvalue weighted by Gasteiger charge is 2.14. The number of aromatic nitrogens is 1. The number of carbonyl (C=O) groups excluding carboxylic acids is 1. The molecule has 0 saturated carbocycles. The summed E-state index contributed by atoms with van der Waals surface area (Å²) in [6.45, 7) is 0. The Morgan fingerprint density at radius 3 is 2.60 bits per heavy atom. The van der Waals surface area contributed by atoms with Crippen molar-refractivity contribution in [1.29, 1.82) is 0 Å². The molecule has 0 bridgehead atoms. The van der Waals surface area contributed by atoms with E-state index in [9.17, 15) is 4.79 Å². The van der Waals surface area contributed by atoms with Crippen LogP contribution in [0.3, 0.4) is 0 Å². The first-order chi connectivity index (χ1) is 7.11. The third-order valence-corrected chi connectivity index (χ3v) is 2.37. The number of benzene rings is 1. The normalized spacial score (nSPS) is 10.5. The molecule has 1 heterocycles. The summed E-state index contributed by atoms with van der Waals surface area (Å²) in [5, 5.41) is 0.977. The lowest BCUT2D eigenvalue weighted by Gasteiger charge is -2.10. The molecule has 4 nitrogen and oxygen atoms in total. The van der Waals surface area contributed by atoms with Gasteiger partial charge in [0.15, 0.2) is 0 Å². The lowest BCUT2D eigenvalue weighted by Crippen LogP contribution is -2.26. The minimum Gasteiger partial charge on any atom is -0.343 e. The minimum absolute atomic E-state index is 0.0892. The predicted molar refractivity (Wildman–Crippen MR) is 60.1 cm³/mol. The SMILES string of the molecule is CN(C)C(=O)c1cc2ccccc2n1N. The first-order valence-corrected chi connectivity index (χ1v) is 4.68. The fourth-order valence-electron chi connectivity index (χ4n) is 1.57. The summed E-state index contributed by atoms with van der Waals surface area (Å²) in [4.78, 5) is 13.3. The number of nitrogens with two attached hydrogens (primary N) is 1. The summed E-state index contributed by atoms with van der Waals surface area (Å²) in [5.41, 5.74) is 1.36. The monoisotopic (exact) mass is 203 g/mol. The molecule has 0 atom stereocenters. The molecule has 0 unspecified atom stereocenters. The van der Waals surface area contributed by atoms with Gasteiger partial charge in [-0.1, -0.05) is 18.2 Å². The Kier molecular flexibility index (Phi) is 2.11. The fraction of sp³-hybridized carbons (Fsp3) is 0.182. The van der Waals surface area contributed by atoms with Crippen molar-refractivity contribution in [3.8, 4) is 0 Å². The van der Waals surface area contributed by atoms with E-state index in [0.29, 0.717) is 5.69 Å². The smallest absolute Gasteiger partial charge is 0.271 e. The highest BCUT2D eigenvalue weighted by Crippen LogP contribution is 2.17. The third kappa shape index (κ3) is 1.44. The van der Waals surface area contributed by atoms with Gasteiger partial charge >= 0.3 is 0 Å². The molecule has 0 saturated heterocycles. The molecule has 15 heavy (non-hydrogen) atoms. The molecular weight excluding hydrogens is 190 g/mol. The fourth-order valence-corrected chi connectivity index (χ4v) is 1.57. The Hall–Kier alpha value is -1.97. The van der Waals surface area contributed by atoms with Crippen molar-refractivity contribution in [2.75, 3.05) is 19.9 Å². The van der Waals surface area contributed by atoms with Gasteiger partial charge in [-0.05, 0) is 12.1 Å². The molecule has 0 aliphatic heterocycles. The van der Waals surface area contributed by atoms with Crippen LogP contribution in [0.1, 0.15) is 10.5 Å². The minimum atomic E-state index is -0.0892. The third-order valence-electron chi connectivity index (χ3n) is 2.37. The van der Waals surface area contributed by atoms with E-state index in [-0.39, 0.29) is 5.91 Å². The summed E-state index contributed by atoms with van der Waals surface area (Å²) in [7, 11) is 3.42. The van der Waals surface area contributed by atoms with Crippen molar-refractivity contribution in [1.82, 2.24) is 9.58 Å². The number of nitrogens with zero attached hydrogens (tertiary/aromatic N) is 2. The van der Waals surface area contributed by atoms with Crippen molar-refractivity contribution in [3.05, 3.63) is 36.0 Å². The number of nitrogen functional groups attached to an aromatic ring is 1. The zero-order valence-corrected chi connectivity index (χ0v) is 8.77. The summed E-state index contributed by atoms with van der Waals surface area (Å²) < 4.78 is 1.43. The summed E-state index contributed by atoms with van der Waals surface area (Å²) in [6.07, 6.45) is 0. The van der Waals surface area contributed by atoms with Gasteiger partial charge in [-0.15, -0.1) is 0 Å². The van der Waals surface area contributed by atoms with Gasteiger partial charge in [-0.25, -0.2) is 0 Å². The first-order valence-electron chi connectivity index (χ1n) is 4.68. The molecule has 0 radical (unpaired) electrons. The molecule has 0 spiro atoms. The van der Waals surface area contributed by atoms with E-state index in [4.69, 9.17) is 5.84 Å². The second-order valence-corrected chi connectivity index (χ2v) is 3.66. The van der Waals surface area contributed by atoms with E-state index >= 15 is 0 Å². The van der Waals surface area contributed by atoms with Gasteiger partial charge in [0.1, 0.15) is 5.69 Å². The van der Waals surface area contributed by atoms with Gasteiger partial charge in [0.25, 0.3) is 5.91 Å². The van der Waals surface area contributed by atoms with Crippen molar-refractivity contribution in [3.63, 3.8) is 0 Å². The van der Waals surface area contributed by atoms with Crippen LogP contribution >= 0.6 is 0 Å². The van der Waals surface area contributed by atoms with Crippen molar-refractivity contribution in [2.45, 2.75) is 0 Å². The second-order valence-electron chi connectivity index (χ2n) is 3.66. The van der Waals surface area contributed by atoms with E-state index in [1.165, 1.54) is 9.58 Å². The topological polar surface area (TPSA) is 51.3 Å². The highest BCUT2D eigenvalue weighted by molar-refractivity contribution is 5.98. The standard InChI is InChI=1S/C11H13N3O/c1-13(2)11(15)10-7-8-5-3-4-6-9(8)14(10)12/h3-7H,12H2,1-2H3. The van der Waals surface area contributed by atoms with Crippen LogP contribution in [0.15, 0.2) is 30.3 Å². The number of hydrogen-bond donors (Lipinski definition) is 1. The average molecular weight is 203 g/mol. The molecule has 78 valence electrons. The largest absolute Gasteiger partial charge is 0.343 e. The number of hydrogen-bond acceptors (Lipinski definition) is 2. The Morgan fingerprint density at radius 2 is 2.00 bits per heavy atom. The van der Waals surface area contributed by atoms with Crippen LogP contribution in [-0.4, -0.2) is 29.6 Å². The van der Waals surface area contributed by atoms with Crippen molar-refractivity contribution in [2.24, 2.45) is 0 Å². The van der Waals surface area contributed by atoms with Crippen LogP contribution in [0.2, 0.25) is 0 Å². The maximum absolute atomic E-state index is 11.8. The van der Waals surface area contributed by atoms with E-state index in [1.807, 2.05) is 24.3 Å². The molecule has 0 fully saturated rings. The number of amides is 1. The van der Waals surface area contributed by atoms with E-state index in [2.05, 4.69) is 0 Å². The first kappa shape index (κ1) is 9.58. The molecule has 0 aliphatic carbocycles. The zero-order chi connectivity index (χ0) is 11.0. The number of fused-ring (bicyclic) bond motifs is 1. The Balaban J connectivity index is 2.63. The molecule has 0 aliphatic rings. The van der Waals surface area contributed by atoms with Gasteiger partial charge in [0.05, 0.1) is 5.52 Å². The Bertz CT molecular complexity index is 514. The lowest BCUT2D eigenvalue weighted by molar-refractivity contribution is 0.0819. The molecular formula is C11H13N3O. The van der Waals surface area contributed by atoms with Crippen LogP contribution in [-0.2, 0) is 0 Å². The molecule has 4 heteroatoms.